The average molecular weight is 220 g/mol. The maximum Gasteiger partial charge on any atom is -0.0197 e. The third-order valence-electron chi connectivity index (χ3n) is 1.96. The highest BCUT2D eigenvalue weighted by molar-refractivity contribution is 5.29. The molecule has 0 aromatic heterocycles. The minimum Gasteiger partial charge on any atom is -0.0789 e. The van der Waals surface area contributed by atoms with Crippen LogP contribution in [0.5, 0.6) is 0 Å². The van der Waals surface area contributed by atoms with Crippen LogP contribution in [0.15, 0.2) is 35.5 Å². The number of hydrogen-bond acceptors (Lipinski definition) is 0. The summed E-state index contributed by atoms with van der Waals surface area (Å²) in [6.07, 6.45) is 9.01. The Bertz CT molecular complexity index is 298. The zero-order valence-corrected chi connectivity index (χ0v) is 12.3. The van der Waals surface area contributed by atoms with E-state index in [2.05, 4.69) is 79.7 Å². The monoisotopic (exact) mass is 220 g/mol. The van der Waals surface area contributed by atoms with Crippen molar-refractivity contribution in [1.29, 1.82) is 0 Å². The van der Waals surface area contributed by atoms with Crippen LogP contribution in [0.3, 0.4) is 0 Å². The minimum absolute atomic E-state index is 0.259. The molecule has 0 fully saturated rings. The van der Waals surface area contributed by atoms with Gasteiger partial charge in [-0.05, 0) is 24.7 Å². The van der Waals surface area contributed by atoms with Crippen molar-refractivity contribution in [2.75, 3.05) is 0 Å². The second-order valence-electron chi connectivity index (χ2n) is 6.84. The molecule has 0 bridgehead atoms. The van der Waals surface area contributed by atoms with Gasteiger partial charge < -0.3 is 0 Å². The molecule has 16 heavy (non-hydrogen) atoms. The van der Waals surface area contributed by atoms with E-state index < -0.39 is 0 Å². The summed E-state index contributed by atoms with van der Waals surface area (Å²) in [5.74, 6) is 0. The van der Waals surface area contributed by atoms with E-state index in [1.165, 1.54) is 11.1 Å². The molecule has 0 radical (unpaired) electrons. The van der Waals surface area contributed by atoms with Gasteiger partial charge in [-0.3, -0.25) is 0 Å². The Morgan fingerprint density at radius 2 is 1.25 bits per heavy atom. The highest BCUT2D eigenvalue weighted by Crippen LogP contribution is 2.20. The molecule has 0 saturated heterocycles. The Labute approximate surface area is 102 Å². The lowest BCUT2D eigenvalue weighted by Crippen LogP contribution is -2.00. The van der Waals surface area contributed by atoms with Gasteiger partial charge >= 0.3 is 0 Å². The molecule has 0 aromatic rings. The van der Waals surface area contributed by atoms with Crippen LogP contribution in [0.25, 0.3) is 0 Å². The van der Waals surface area contributed by atoms with Crippen LogP contribution >= 0.6 is 0 Å². The summed E-state index contributed by atoms with van der Waals surface area (Å²) in [6, 6.07) is 0. The molecular weight excluding hydrogens is 192 g/mol. The van der Waals surface area contributed by atoms with Gasteiger partial charge in [0.1, 0.15) is 0 Å². The number of hydrogen-bond donors (Lipinski definition) is 0. The summed E-state index contributed by atoms with van der Waals surface area (Å²) in [5, 5.41) is 0. The lowest BCUT2D eigenvalue weighted by atomic mass is 9.92. The molecule has 0 nitrogen and oxygen atoms in total. The van der Waals surface area contributed by atoms with Crippen LogP contribution in [0.1, 0.15) is 55.4 Å². The fourth-order valence-electron chi connectivity index (χ4n) is 1.51. The first-order valence-electron chi connectivity index (χ1n) is 6.07. The van der Waals surface area contributed by atoms with Crippen LogP contribution in [-0.2, 0) is 0 Å². The summed E-state index contributed by atoms with van der Waals surface area (Å²) in [4.78, 5) is 0. The summed E-state index contributed by atoms with van der Waals surface area (Å²) in [5.41, 5.74) is 3.17. The van der Waals surface area contributed by atoms with E-state index in [9.17, 15) is 0 Å². The predicted molar refractivity (Wildman–Crippen MR) is 75.6 cm³/mol. The SMILES string of the molecule is CC(=C/C(C)=C/C(C)(C)C)/C=C/C(C)(C)C. The molecule has 0 spiro atoms. The second-order valence-corrected chi connectivity index (χ2v) is 6.84. The van der Waals surface area contributed by atoms with Crippen molar-refractivity contribution >= 4 is 0 Å². The smallest absolute Gasteiger partial charge is 0.0197 e. The molecule has 0 aromatic carbocycles. The van der Waals surface area contributed by atoms with Crippen molar-refractivity contribution in [2.24, 2.45) is 10.8 Å². The van der Waals surface area contributed by atoms with Crippen LogP contribution in [0, 0.1) is 10.8 Å². The molecule has 0 unspecified atom stereocenters. The van der Waals surface area contributed by atoms with Gasteiger partial charge in [-0.2, -0.15) is 0 Å². The highest BCUT2D eigenvalue weighted by Gasteiger charge is 2.05. The summed E-state index contributed by atoms with van der Waals surface area (Å²) < 4.78 is 0. The molecule has 0 aliphatic heterocycles. The van der Waals surface area contributed by atoms with E-state index in [1.807, 2.05) is 0 Å². The molecule has 0 saturated carbocycles. The van der Waals surface area contributed by atoms with Gasteiger partial charge in [0, 0.05) is 0 Å². The van der Waals surface area contributed by atoms with E-state index in [0.29, 0.717) is 0 Å². The first kappa shape index (κ1) is 15.2. The van der Waals surface area contributed by atoms with Crippen LogP contribution < -0.4 is 0 Å². The summed E-state index contributed by atoms with van der Waals surface area (Å²) in [6.45, 7) is 17.7. The second kappa shape index (κ2) is 5.52. The Hall–Kier alpha value is -0.780. The van der Waals surface area contributed by atoms with Gasteiger partial charge in [-0.25, -0.2) is 0 Å². The van der Waals surface area contributed by atoms with Crippen molar-refractivity contribution in [3.63, 3.8) is 0 Å². The largest absolute Gasteiger partial charge is 0.0789 e. The molecule has 92 valence electrons. The zero-order valence-electron chi connectivity index (χ0n) is 12.3. The van der Waals surface area contributed by atoms with Crippen molar-refractivity contribution in [3.8, 4) is 0 Å². The molecule has 0 heterocycles. The average Bonchev–Trinajstić information content (AvgIpc) is 1.95. The normalized spacial score (nSPS) is 16.0. The van der Waals surface area contributed by atoms with Gasteiger partial charge in [-0.15, -0.1) is 0 Å². The van der Waals surface area contributed by atoms with E-state index >= 15 is 0 Å². The Kier molecular flexibility index (Phi) is 5.25. The molecule has 0 atom stereocenters. The molecule has 0 N–H and O–H groups in total. The van der Waals surface area contributed by atoms with Gasteiger partial charge in [0.2, 0.25) is 0 Å². The third-order valence-corrected chi connectivity index (χ3v) is 1.96. The highest BCUT2D eigenvalue weighted by atomic mass is 14.1. The van der Waals surface area contributed by atoms with Crippen molar-refractivity contribution in [2.45, 2.75) is 55.4 Å². The van der Waals surface area contributed by atoms with Crippen molar-refractivity contribution in [1.82, 2.24) is 0 Å². The first-order chi connectivity index (χ1) is 6.99. The molecular formula is C16H28. The maximum absolute atomic E-state index is 2.31. The van der Waals surface area contributed by atoms with Crippen LogP contribution in [0.4, 0.5) is 0 Å². The van der Waals surface area contributed by atoms with Gasteiger partial charge in [-0.1, -0.05) is 77.0 Å². The lowest BCUT2D eigenvalue weighted by molar-refractivity contribution is 0.541. The van der Waals surface area contributed by atoms with E-state index in [4.69, 9.17) is 0 Å². The number of allylic oxidation sites excluding steroid dienone is 6. The molecule has 0 aliphatic carbocycles. The molecule has 0 heteroatoms. The van der Waals surface area contributed by atoms with Gasteiger partial charge in [0.05, 0.1) is 0 Å². The standard InChI is InChI=1S/C16H28/c1-13(9-10-15(3,4)5)11-14(2)12-16(6,7)8/h9-12H,1-8H3/b10-9+,13-11-,14-12+. The van der Waals surface area contributed by atoms with Crippen LogP contribution in [-0.4, -0.2) is 0 Å². The Morgan fingerprint density at radius 3 is 1.62 bits per heavy atom. The van der Waals surface area contributed by atoms with Crippen LogP contribution in [0.2, 0.25) is 0 Å². The lowest BCUT2D eigenvalue weighted by Gasteiger charge is -2.13. The minimum atomic E-state index is 0.259. The summed E-state index contributed by atoms with van der Waals surface area (Å²) in [7, 11) is 0. The van der Waals surface area contributed by atoms with E-state index in [-0.39, 0.29) is 10.8 Å². The summed E-state index contributed by atoms with van der Waals surface area (Å²) >= 11 is 0. The van der Waals surface area contributed by atoms with Gasteiger partial charge in [0.15, 0.2) is 0 Å². The molecule has 0 rings (SSSR count). The van der Waals surface area contributed by atoms with Crippen molar-refractivity contribution < 1.29 is 0 Å². The van der Waals surface area contributed by atoms with Crippen molar-refractivity contribution in [3.05, 3.63) is 35.5 Å². The Balaban J connectivity index is 4.69. The Morgan fingerprint density at radius 1 is 0.750 bits per heavy atom. The fraction of sp³-hybridized carbons (Fsp3) is 0.625. The van der Waals surface area contributed by atoms with Gasteiger partial charge in [0.25, 0.3) is 0 Å². The topological polar surface area (TPSA) is 0 Å². The predicted octanol–water partition coefficient (Wildman–Crippen LogP) is 5.53. The maximum atomic E-state index is 2.31. The zero-order chi connectivity index (χ0) is 13.0. The molecule has 0 aliphatic rings. The van der Waals surface area contributed by atoms with E-state index in [0.717, 1.165) is 0 Å². The number of rotatable bonds is 2. The first-order valence-corrected chi connectivity index (χ1v) is 6.07. The van der Waals surface area contributed by atoms with E-state index in [1.54, 1.807) is 0 Å². The third kappa shape index (κ3) is 9.76. The quantitative estimate of drug-likeness (QED) is 0.537. The fourth-order valence-corrected chi connectivity index (χ4v) is 1.51. The molecule has 0 amide bonds.